The van der Waals surface area contributed by atoms with E-state index in [1.54, 1.807) is 12.3 Å². The number of nitrogens with one attached hydrogen (secondary N) is 2. The monoisotopic (exact) mass is 373 g/mol. The van der Waals surface area contributed by atoms with Crippen LogP contribution < -0.4 is 10.6 Å². The van der Waals surface area contributed by atoms with Crippen molar-refractivity contribution >= 4 is 17.5 Å². The number of Topliss-reactive ketones (excluding diaryl/α,β-unsaturated/α-hetero) is 1. The van der Waals surface area contributed by atoms with Crippen molar-refractivity contribution in [2.45, 2.75) is 39.0 Å². The van der Waals surface area contributed by atoms with Gasteiger partial charge in [-0.1, -0.05) is 36.4 Å². The number of amides is 1. The third-order valence-corrected chi connectivity index (χ3v) is 5.31. The molecule has 1 aliphatic carbocycles. The summed E-state index contributed by atoms with van der Waals surface area (Å²) in [6.07, 6.45) is 3.91. The number of benzene rings is 1. The topological polar surface area (TPSA) is 71.1 Å². The van der Waals surface area contributed by atoms with Gasteiger partial charge in [0.2, 0.25) is 0 Å². The highest BCUT2D eigenvalue weighted by atomic mass is 16.2. The second-order valence-corrected chi connectivity index (χ2v) is 7.35. The van der Waals surface area contributed by atoms with Crippen molar-refractivity contribution in [3.63, 3.8) is 0 Å². The van der Waals surface area contributed by atoms with Crippen molar-refractivity contribution < 1.29 is 9.59 Å². The minimum atomic E-state index is -0.365. The first-order chi connectivity index (χ1) is 13.5. The SMILES string of the molecule is CC1=C(C(=O)Nc2ccc(C)cn2)[C@H](c2ccccc2)C2=C(CCCC2=O)N1. The van der Waals surface area contributed by atoms with E-state index >= 15 is 0 Å². The standard InChI is InChI=1S/C23H23N3O2/c1-14-11-12-19(24-13-14)26-23(28)20-15(2)25-17-9-6-10-18(27)22(17)21(20)16-7-4-3-5-8-16/h3-5,7-8,11-13,21,25H,6,9-10H2,1-2H3,(H,24,26,28)/t21-/m0/s1. The highest BCUT2D eigenvalue weighted by molar-refractivity contribution is 6.09. The molecule has 2 aromatic rings. The predicted octanol–water partition coefficient (Wildman–Crippen LogP) is 4.00. The number of carbonyl (C=O) groups is 2. The van der Waals surface area contributed by atoms with E-state index in [4.69, 9.17) is 0 Å². The minimum Gasteiger partial charge on any atom is -0.362 e. The van der Waals surface area contributed by atoms with Gasteiger partial charge in [0.05, 0.1) is 0 Å². The number of ketones is 1. The molecule has 28 heavy (non-hydrogen) atoms. The van der Waals surface area contributed by atoms with Crippen molar-refractivity contribution in [1.82, 2.24) is 10.3 Å². The molecule has 2 aliphatic rings. The largest absolute Gasteiger partial charge is 0.362 e. The molecule has 0 unspecified atom stereocenters. The Morgan fingerprint density at radius 3 is 2.61 bits per heavy atom. The Morgan fingerprint density at radius 2 is 1.89 bits per heavy atom. The molecule has 2 heterocycles. The molecule has 1 amide bonds. The van der Waals surface area contributed by atoms with E-state index < -0.39 is 0 Å². The normalized spacial score (nSPS) is 19.2. The maximum absolute atomic E-state index is 13.2. The van der Waals surface area contributed by atoms with Gasteiger partial charge < -0.3 is 10.6 Å². The third kappa shape index (κ3) is 3.36. The summed E-state index contributed by atoms with van der Waals surface area (Å²) in [5, 5.41) is 6.23. The first kappa shape index (κ1) is 18.2. The number of nitrogens with zero attached hydrogens (tertiary/aromatic N) is 1. The van der Waals surface area contributed by atoms with Crippen LogP contribution in [0.3, 0.4) is 0 Å². The third-order valence-electron chi connectivity index (χ3n) is 5.31. The van der Waals surface area contributed by atoms with E-state index in [0.717, 1.165) is 40.9 Å². The molecule has 0 bridgehead atoms. The molecule has 1 aromatic heterocycles. The van der Waals surface area contributed by atoms with Gasteiger partial charge in [-0.05, 0) is 43.9 Å². The highest BCUT2D eigenvalue weighted by Crippen LogP contribution is 2.42. The van der Waals surface area contributed by atoms with Gasteiger partial charge in [0.25, 0.3) is 5.91 Å². The molecular weight excluding hydrogens is 350 g/mol. The van der Waals surface area contributed by atoms with Crippen LogP contribution in [0.2, 0.25) is 0 Å². The van der Waals surface area contributed by atoms with E-state index in [1.165, 1.54) is 0 Å². The van der Waals surface area contributed by atoms with Crippen molar-refractivity contribution in [2.24, 2.45) is 0 Å². The number of anilines is 1. The fourth-order valence-corrected chi connectivity index (χ4v) is 3.99. The Morgan fingerprint density at radius 1 is 1.11 bits per heavy atom. The quantitative estimate of drug-likeness (QED) is 0.853. The van der Waals surface area contributed by atoms with Crippen LogP contribution in [-0.2, 0) is 9.59 Å². The first-order valence-electron chi connectivity index (χ1n) is 9.57. The van der Waals surface area contributed by atoms with E-state index in [9.17, 15) is 9.59 Å². The van der Waals surface area contributed by atoms with Crippen molar-refractivity contribution in [1.29, 1.82) is 0 Å². The van der Waals surface area contributed by atoms with Crippen LogP contribution in [0.5, 0.6) is 0 Å². The molecule has 1 aliphatic heterocycles. The minimum absolute atomic E-state index is 0.119. The molecule has 0 radical (unpaired) electrons. The van der Waals surface area contributed by atoms with Gasteiger partial charge in [-0.15, -0.1) is 0 Å². The number of rotatable bonds is 3. The first-order valence-corrected chi connectivity index (χ1v) is 9.57. The van der Waals surface area contributed by atoms with Crippen LogP contribution in [0.25, 0.3) is 0 Å². The van der Waals surface area contributed by atoms with Crippen LogP contribution in [0.4, 0.5) is 5.82 Å². The zero-order valence-corrected chi connectivity index (χ0v) is 16.1. The smallest absolute Gasteiger partial charge is 0.255 e. The maximum Gasteiger partial charge on any atom is 0.255 e. The Labute approximate surface area is 164 Å². The zero-order chi connectivity index (χ0) is 19.7. The number of aryl methyl sites for hydroxylation is 1. The van der Waals surface area contributed by atoms with Crippen LogP contribution in [0.15, 0.2) is 71.2 Å². The van der Waals surface area contributed by atoms with Crippen LogP contribution >= 0.6 is 0 Å². The van der Waals surface area contributed by atoms with E-state index in [-0.39, 0.29) is 17.6 Å². The fraction of sp³-hybridized carbons (Fsp3) is 0.261. The number of dihydropyridines is 1. The van der Waals surface area contributed by atoms with Gasteiger partial charge in [0.1, 0.15) is 5.82 Å². The molecular formula is C23H23N3O2. The summed E-state index contributed by atoms with van der Waals surface area (Å²) in [6, 6.07) is 13.5. The molecule has 5 nitrogen and oxygen atoms in total. The summed E-state index contributed by atoms with van der Waals surface area (Å²) < 4.78 is 0. The lowest BCUT2D eigenvalue weighted by atomic mass is 9.75. The molecule has 0 saturated carbocycles. The van der Waals surface area contributed by atoms with Gasteiger partial charge >= 0.3 is 0 Å². The van der Waals surface area contributed by atoms with Crippen LogP contribution in [0, 0.1) is 6.92 Å². The molecule has 4 rings (SSSR count). The lowest BCUT2D eigenvalue weighted by Gasteiger charge is -2.34. The van der Waals surface area contributed by atoms with E-state index in [0.29, 0.717) is 17.8 Å². The Balaban J connectivity index is 1.76. The maximum atomic E-state index is 13.2. The molecule has 0 saturated heterocycles. The van der Waals surface area contributed by atoms with Crippen LogP contribution in [0.1, 0.15) is 43.2 Å². The highest BCUT2D eigenvalue weighted by Gasteiger charge is 2.38. The molecule has 0 spiro atoms. The van der Waals surface area contributed by atoms with Gasteiger partial charge in [-0.25, -0.2) is 4.98 Å². The number of aromatic nitrogens is 1. The van der Waals surface area contributed by atoms with E-state index in [2.05, 4.69) is 15.6 Å². The van der Waals surface area contributed by atoms with Gasteiger partial charge in [0, 0.05) is 41.1 Å². The number of pyridine rings is 1. The molecule has 0 fully saturated rings. The van der Waals surface area contributed by atoms with Gasteiger partial charge in [-0.3, -0.25) is 9.59 Å². The zero-order valence-electron chi connectivity index (χ0n) is 16.1. The van der Waals surface area contributed by atoms with Gasteiger partial charge in [-0.2, -0.15) is 0 Å². The Kier molecular flexibility index (Phi) is 4.82. The molecule has 1 atom stereocenters. The summed E-state index contributed by atoms with van der Waals surface area (Å²) >= 11 is 0. The molecule has 142 valence electrons. The predicted molar refractivity (Wildman–Crippen MR) is 109 cm³/mol. The van der Waals surface area contributed by atoms with Gasteiger partial charge in [0.15, 0.2) is 5.78 Å². The van der Waals surface area contributed by atoms with Crippen molar-refractivity contribution in [3.05, 3.63) is 82.3 Å². The lowest BCUT2D eigenvalue weighted by molar-refractivity contribution is -0.116. The number of hydrogen-bond acceptors (Lipinski definition) is 4. The summed E-state index contributed by atoms with van der Waals surface area (Å²) in [7, 11) is 0. The van der Waals surface area contributed by atoms with Crippen molar-refractivity contribution in [3.8, 4) is 0 Å². The second kappa shape index (κ2) is 7.43. The second-order valence-electron chi connectivity index (χ2n) is 7.35. The summed E-state index contributed by atoms with van der Waals surface area (Å²) in [4.78, 5) is 30.3. The lowest BCUT2D eigenvalue weighted by Crippen LogP contribution is -2.35. The number of hydrogen-bond donors (Lipinski definition) is 2. The average Bonchev–Trinajstić information content (AvgIpc) is 2.69. The number of carbonyl (C=O) groups excluding carboxylic acids is 2. The molecule has 1 aromatic carbocycles. The molecule has 2 N–H and O–H groups in total. The summed E-state index contributed by atoms with van der Waals surface area (Å²) in [6.45, 7) is 3.85. The molecule has 5 heteroatoms. The van der Waals surface area contributed by atoms with Crippen LogP contribution in [-0.4, -0.2) is 16.7 Å². The van der Waals surface area contributed by atoms with Crippen molar-refractivity contribution in [2.75, 3.05) is 5.32 Å². The Bertz CT molecular complexity index is 988. The summed E-state index contributed by atoms with van der Waals surface area (Å²) in [5.74, 6) is 0.0159. The number of allylic oxidation sites excluding steroid dienone is 3. The Hall–Kier alpha value is -3.21. The van der Waals surface area contributed by atoms with E-state index in [1.807, 2.05) is 50.2 Å². The fourth-order valence-electron chi connectivity index (χ4n) is 3.99. The summed E-state index contributed by atoms with van der Waals surface area (Å²) in [5.41, 5.74) is 5.01. The average molecular weight is 373 g/mol.